The second-order valence-corrected chi connectivity index (χ2v) is 10.8. The summed E-state index contributed by atoms with van der Waals surface area (Å²) in [4.78, 5) is 0. The van der Waals surface area contributed by atoms with E-state index in [0.717, 1.165) is 38.5 Å². The Balaban J connectivity index is 1.70. The molecule has 0 spiro atoms. The molecule has 0 aliphatic heterocycles. The lowest BCUT2D eigenvalue weighted by Crippen LogP contribution is -2.62. The van der Waals surface area contributed by atoms with Crippen LogP contribution in [0.1, 0.15) is 72.6 Å². The van der Waals surface area contributed by atoms with Crippen molar-refractivity contribution in [3.05, 3.63) is 0 Å². The van der Waals surface area contributed by atoms with Crippen LogP contribution in [0.5, 0.6) is 0 Å². The van der Waals surface area contributed by atoms with Crippen molar-refractivity contribution in [1.29, 1.82) is 0 Å². The summed E-state index contributed by atoms with van der Waals surface area (Å²) in [7, 11) is 0. The molecule has 0 aromatic heterocycles. The summed E-state index contributed by atoms with van der Waals surface area (Å²) in [6.45, 7) is 9.32. The van der Waals surface area contributed by atoms with Gasteiger partial charge in [0.25, 0.3) is 0 Å². The van der Waals surface area contributed by atoms with Crippen LogP contribution in [0.3, 0.4) is 0 Å². The lowest BCUT2D eigenvalue weighted by atomic mass is 9.43. The van der Waals surface area contributed by atoms with Crippen LogP contribution in [0.15, 0.2) is 0 Å². The zero-order valence-electron chi connectivity index (χ0n) is 16.5. The fourth-order valence-electron chi connectivity index (χ4n) is 8.29. The molecule has 4 fully saturated rings. The van der Waals surface area contributed by atoms with Crippen molar-refractivity contribution in [3.8, 4) is 0 Å². The molecule has 4 saturated carbocycles. The molecule has 3 nitrogen and oxygen atoms in total. The molecular formula is C22H38O3. The minimum absolute atomic E-state index is 0.0340. The van der Waals surface area contributed by atoms with Gasteiger partial charge in [-0.2, -0.15) is 0 Å². The van der Waals surface area contributed by atoms with Gasteiger partial charge in [-0.3, -0.25) is 0 Å². The minimum Gasteiger partial charge on any atom is -0.393 e. The minimum atomic E-state index is -0.254. The zero-order chi connectivity index (χ0) is 18.1. The highest BCUT2D eigenvalue weighted by atomic mass is 16.3. The average Bonchev–Trinajstić information content (AvgIpc) is 2.89. The standard InChI is InChI=1S/C22H38O3/c1-12(2)15-5-6-16-20-17(11-19(25)22(15,16)4)21(3)8-7-14(23)9-13(21)10-18(20)24/h12-20,23-25H,5-11H2,1-4H3/t13?,14-,15-,16+,17+,18-,19+,20+,21+,22-/m1/s1. The first-order chi connectivity index (χ1) is 11.7. The third-order valence-electron chi connectivity index (χ3n) is 9.64. The van der Waals surface area contributed by atoms with E-state index >= 15 is 0 Å². The smallest absolute Gasteiger partial charge is 0.0602 e. The average molecular weight is 351 g/mol. The van der Waals surface area contributed by atoms with Crippen molar-refractivity contribution in [2.45, 2.75) is 91.0 Å². The van der Waals surface area contributed by atoms with Crippen LogP contribution in [0.2, 0.25) is 0 Å². The predicted molar refractivity (Wildman–Crippen MR) is 98.8 cm³/mol. The second-order valence-electron chi connectivity index (χ2n) is 10.8. The van der Waals surface area contributed by atoms with E-state index < -0.39 is 0 Å². The summed E-state index contributed by atoms with van der Waals surface area (Å²) in [6, 6.07) is 0. The molecule has 0 radical (unpaired) electrons. The molecule has 3 N–H and O–H groups in total. The molecule has 144 valence electrons. The third-order valence-corrected chi connectivity index (χ3v) is 9.64. The van der Waals surface area contributed by atoms with Crippen LogP contribution in [-0.4, -0.2) is 33.6 Å². The summed E-state index contributed by atoms with van der Waals surface area (Å²) in [5.41, 5.74) is 0.148. The van der Waals surface area contributed by atoms with E-state index in [-0.39, 0.29) is 29.1 Å². The first-order valence-electron chi connectivity index (χ1n) is 10.7. The predicted octanol–water partition coefficient (Wildman–Crippen LogP) is 3.60. The van der Waals surface area contributed by atoms with Gasteiger partial charge in [-0.25, -0.2) is 0 Å². The monoisotopic (exact) mass is 350 g/mol. The molecular weight excluding hydrogens is 312 g/mol. The third kappa shape index (κ3) is 2.41. The van der Waals surface area contributed by atoms with Crippen LogP contribution in [0, 0.1) is 46.3 Å². The van der Waals surface area contributed by atoms with E-state index in [1.54, 1.807) is 0 Å². The Morgan fingerprint density at radius 2 is 1.60 bits per heavy atom. The molecule has 4 aliphatic rings. The Hall–Kier alpha value is -0.120. The molecule has 0 aromatic rings. The van der Waals surface area contributed by atoms with Crippen molar-refractivity contribution in [2.24, 2.45) is 46.3 Å². The van der Waals surface area contributed by atoms with Crippen LogP contribution in [0.25, 0.3) is 0 Å². The van der Waals surface area contributed by atoms with Crippen LogP contribution in [-0.2, 0) is 0 Å². The second kappa shape index (κ2) is 5.94. The highest BCUT2D eigenvalue weighted by Gasteiger charge is 2.65. The number of rotatable bonds is 1. The lowest BCUT2D eigenvalue weighted by molar-refractivity contribution is -0.206. The molecule has 0 aromatic carbocycles. The molecule has 3 heteroatoms. The number of fused-ring (bicyclic) bond motifs is 5. The highest BCUT2D eigenvalue weighted by molar-refractivity contribution is 5.14. The summed E-state index contributed by atoms with van der Waals surface area (Å²) < 4.78 is 0. The van der Waals surface area contributed by atoms with Crippen molar-refractivity contribution in [3.63, 3.8) is 0 Å². The summed E-state index contributed by atoms with van der Waals surface area (Å²) in [5.74, 6) is 2.77. The maximum Gasteiger partial charge on any atom is 0.0602 e. The van der Waals surface area contributed by atoms with E-state index in [1.165, 1.54) is 6.42 Å². The Labute approximate surface area is 153 Å². The molecule has 0 bridgehead atoms. The largest absolute Gasteiger partial charge is 0.393 e. The topological polar surface area (TPSA) is 60.7 Å². The van der Waals surface area contributed by atoms with Crippen molar-refractivity contribution >= 4 is 0 Å². The summed E-state index contributed by atoms with van der Waals surface area (Å²) >= 11 is 0. The fourth-order valence-corrected chi connectivity index (χ4v) is 8.29. The summed E-state index contributed by atoms with van der Waals surface area (Å²) in [6.07, 6.45) is 6.14. The number of aliphatic hydroxyl groups is 3. The molecule has 4 aliphatic carbocycles. The van der Waals surface area contributed by atoms with Gasteiger partial charge >= 0.3 is 0 Å². The molecule has 4 rings (SSSR count). The molecule has 25 heavy (non-hydrogen) atoms. The van der Waals surface area contributed by atoms with Crippen molar-refractivity contribution in [1.82, 2.24) is 0 Å². The van der Waals surface area contributed by atoms with Gasteiger partial charge < -0.3 is 15.3 Å². The molecule has 0 heterocycles. The van der Waals surface area contributed by atoms with Gasteiger partial charge in [-0.05, 0) is 91.3 Å². The van der Waals surface area contributed by atoms with Gasteiger partial charge in [0.15, 0.2) is 0 Å². The van der Waals surface area contributed by atoms with E-state index in [2.05, 4.69) is 27.7 Å². The van der Waals surface area contributed by atoms with E-state index in [1.807, 2.05) is 0 Å². The summed E-state index contributed by atoms with van der Waals surface area (Å²) in [5, 5.41) is 32.6. The molecule has 0 saturated heterocycles. The highest BCUT2D eigenvalue weighted by Crippen LogP contribution is 2.68. The lowest BCUT2D eigenvalue weighted by Gasteiger charge is -2.63. The van der Waals surface area contributed by atoms with E-state index in [0.29, 0.717) is 35.5 Å². The first kappa shape index (κ1) is 18.3. The zero-order valence-corrected chi connectivity index (χ0v) is 16.5. The maximum absolute atomic E-state index is 11.3. The number of hydrogen-bond donors (Lipinski definition) is 3. The van der Waals surface area contributed by atoms with Gasteiger partial charge in [0.1, 0.15) is 0 Å². The van der Waals surface area contributed by atoms with Crippen molar-refractivity contribution < 1.29 is 15.3 Å². The van der Waals surface area contributed by atoms with Gasteiger partial charge in [0.2, 0.25) is 0 Å². The van der Waals surface area contributed by atoms with Crippen LogP contribution >= 0.6 is 0 Å². The van der Waals surface area contributed by atoms with Gasteiger partial charge in [0.05, 0.1) is 18.3 Å². The quantitative estimate of drug-likeness (QED) is 0.677. The van der Waals surface area contributed by atoms with Gasteiger partial charge in [-0.1, -0.05) is 27.7 Å². The van der Waals surface area contributed by atoms with Crippen molar-refractivity contribution in [2.75, 3.05) is 0 Å². The first-order valence-corrected chi connectivity index (χ1v) is 10.7. The fraction of sp³-hybridized carbons (Fsp3) is 1.00. The van der Waals surface area contributed by atoms with E-state index in [9.17, 15) is 15.3 Å². The van der Waals surface area contributed by atoms with E-state index in [4.69, 9.17) is 0 Å². The SMILES string of the molecule is CC(C)[C@H]1CC[C@H]2[C@@H]3[C@H](O)CC4C[C@H](O)CC[C@]4(C)[C@H]3C[C@H](O)[C@]12C. The molecule has 1 unspecified atom stereocenters. The Morgan fingerprint density at radius 1 is 0.880 bits per heavy atom. The van der Waals surface area contributed by atoms with Gasteiger partial charge in [0, 0.05) is 0 Å². The Bertz CT molecular complexity index is 519. The van der Waals surface area contributed by atoms with Crippen LogP contribution < -0.4 is 0 Å². The molecule has 0 amide bonds. The number of hydrogen-bond acceptors (Lipinski definition) is 3. The van der Waals surface area contributed by atoms with Crippen LogP contribution in [0.4, 0.5) is 0 Å². The Morgan fingerprint density at radius 3 is 2.28 bits per heavy atom. The number of aliphatic hydroxyl groups excluding tert-OH is 3. The maximum atomic E-state index is 11.3. The van der Waals surface area contributed by atoms with Gasteiger partial charge in [-0.15, -0.1) is 0 Å². The normalized spacial score (nSPS) is 58.6. The molecule has 10 atom stereocenters. The Kier molecular flexibility index (Phi) is 4.34.